The van der Waals surface area contributed by atoms with Crippen LogP contribution in [-0.2, 0) is 4.74 Å². The smallest absolute Gasteiger partial charge is 0.413 e. The highest BCUT2D eigenvalue weighted by molar-refractivity contribution is 6.30. The second kappa shape index (κ2) is 5.90. The molecule has 1 aromatic carbocycles. The number of H-pyrrole nitrogens is 1. The number of halogens is 1. The van der Waals surface area contributed by atoms with Crippen LogP contribution in [0.15, 0.2) is 36.5 Å². The molecule has 2 aromatic heterocycles. The zero-order valence-corrected chi connectivity index (χ0v) is 12.2. The Bertz CT molecular complexity index is 817. The van der Waals surface area contributed by atoms with Gasteiger partial charge >= 0.3 is 6.09 Å². The lowest BCUT2D eigenvalue weighted by Crippen LogP contribution is -2.11. The summed E-state index contributed by atoms with van der Waals surface area (Å²) in [4.78, 5) is 22.4. The summed E-state index contributed by atoms with van der Waals surface area (Å²) in [5.41, 5.74) is 1.08. The molecule has 0 saturated heterocycles. The Hall–Kier alpha value is -2.80. The van der Waals surface area contributed by atoms with Crippen LogP contribution in [0, 0.1) is 0 Å². The first-order chi connectivity index (χ1) is 10.6. The normalized spacial score (nSPS) is 10.5. The van der Waals surface area contributed by atoms with E-state index < -0.39 is 6.09 Å². The molecule has 1 amide bonds. The summed E-state index contributed by atoms with van der Waals surface area (Å²) >= 11 is 5.82. The number of nitrogens with zero attached hydrogens (tertiary/aromatic N) is 2. The molecule has 0 radical (unpaired) electrons. The van der Waals surface area contributed by atoms with Crippen LogP contribution >= 0.6 is 11.6 Å². The molecule has 0 bridgehead atoms. The van der Waals surface area contributed by atoms with E-state index in [9.17, 15) is 4.79 Å². The summed E-state index contributed by atoms with van der Waals surface area (Å²) in [6.07, 6.45) is 0.938. The van der Waals surface area contributed by atoms with Crippen molar-refractivity contribution in [3.05, 3.63) is 41.6 Å². The molecule has 3 aromatic rings. The second-order valence-corrected chi connectivity index (χ2v) is 4.73. The van der Waals surface area contributed by atoms with Gasteiger partial charge in [0.25, 0.3) is 0 Å². The van der Waals surface area contributed by atoms with Gasteiger partial charge in [-0.3, -0.25) is 5.32 Å². The molecule has 0 spiro atoms. The number of amides is 1. The van der Waals surface area contributed by atoms with E-state index in [4.69, 9.17) is 16.3 Å². The Balaban J connectivity index is 1.83. The van der Waals surface area contributed by atoms with E-state index in [2.05, 4.69) is 25.0 Å². The number of carbonyl (C=O) groups is 1. The molecule has 2 N–H and O–H groups in total. The summed E-state index contributed by atoms with van der Waals surface area (Å²) in [6.45, 7) is 0. The van der Waals surface area contributed by atoms with Crippen molar-refractivity contribution in [2.24, 2.45) is 0 Å². The number of hydrogen-bond donors (Lipinski definition) is 2. The third kappa shape index (κ3) is 3.09. The van der Waals surface area contributed by atoms with Crippen molar-refractivity contribution in [1.29, 1.82) is 0 Å². The number of pyridine rings is 1. The van der Waals surface area contributed by atoms with Gasteiger partial charge in [-0.1, -0.05) is 11.6 Å². The number of hydrogen-bond acceptors (Lipinski definition) is 5. The molecule has 0 unspecified atom stereocenters. The molecule has 2 heterocycles. The lowest BCUT2D eigenvalue weighted by molar-refractivity contribution is 0.186. The number of nitrogens with one attached hydrogen (secondary N) is 2. The molecule has 22 heavy (non-hydrogen) atoms. The maximum Gasteiger partial charge on any atom is 0.413 e. The number of anilines is 1. The van der Waals surface area contributed by atoms with Gasteiger partial charge in [-0.05, 0) is 24.3 Å². The largest absolute Gasteiger partial charge is 0.456 e. The number of fused-ring (bicyclic) bond motifs is 1. The fraction of sp³-hybridized carbons (Fsp3) is 0.0714. The van der Waals surface area contributed by atoms with Crippen LogP contribution in [0.5, 0.6) is 11.5 Å². The third-order valence-electron chi connectivity index (χ3n) is 2.77. The SMILES string of the molecule is COC(=O)Nc1nc2cc(Oc3ccc(Cl)cc3)cnc2[nH]1. The van der Waals surface area contributed by atoms with Crippen molar-refractivity contribution in [3.8, 4) is 11.5 Å². The van der Waals surface area contributed by atoms with Crippen molar-refractivity contribution in [2.75, 3.05) is 12.4 Å². The van der Waals surface area contributed by atoms with Crippen molar-refractivity contribution in [3.63, 3.8) is 0 Å². The number of aromatic nitrogens is 3. The standard InChI is InChI=1S/C14H11ClN4O3/c1-21-14(20)19-13-17-11-6-10(7-16-12(11)18-13)22-9-4-2-8(15)3-5-9/h2-7H,1H3,(H2,16,17,18,19,20). The number of carbonyl (C=O) groups excluding carboxylic acids is 1. The van der Waals surface area contributed by atoms with E-state index >= 15 is 0 Å². The first-order valence-electron chi connectivity index (χ1n) is 6.28. The lowest BCUT2D eigenvalue weighted by Gasteiger charge is -2.04. The average molecular weight is 319 g/mol. The zero-order chi connectivity index (χ0) is 15.5. The van der Waals surface area contributed by atoms with Crippen molar-refractivity contribution in [2.45, 2.75) is 0 Å². The molecule has 0 atom stereocenters. The van der Waals surface area contributed by atoms with Crippen LogP contribution in [0.25, 0.3) is 11.2 Å². The van der Waals surface area contributed by atoms with Crippen LogP contribution in [0.4, 0.5) is 10.7 Å². The van der Waals surface area contributed by atoms with Crippen LogP contribution in [0.2, 0.25) is 5.02 Å². The Morgan fingerprint density at radius 3 is 2.77 bits per heavy atom. The first kappa shape index (κ1) is 14.2. The van der Waals surface area contributed by atoms with Crippen LogP contribution in [0.3, 0.4) is 0 Å². The zero-order valence-electron chi connectivity index (χ0n) is 11.5. The topological polar surface area (TPSA) is 89.1 Å². The van der Waals surface area contributed by atoms with E-state index in [0.29, 0.717) is 27.7 Å². The van der Waals surface area contributed by atoms with Gasteiger partial charge in [-0.25, -0.2) is 14.8 Å². The average Bonchev–Trinajstić information content (AvgIpc) is 2.91. The van der Waals surface area contributed by atoms with Gasteiger partial charge in [0.1, 0.15) is 17.0 Å². The fourth-order valence-electron chi connectivity index (χ4n) is 1.78. The number of imidazole rings is 1. The minimum Gasteiger partial charge on any atom is -0.456 e. The van der Waals surface area contributed by atoms with E-state index in [-0.39, 0.29) is 5.95 Å². The molecule has 8 heteroatoms. The summed E-state index contributed by atoms with van der Waals surface area (Å²) in [5, 5.41) is 3.06. The highest BCUT2D eigenvalue weighted by Gasteiger charge is 2.09. The Kier molecular flexibility index (Phi) is 3.80. The first-order valence-corrected chi connectivity index (χ1v) is 6.66. The minimum atomic E-state index is -0.614. The lowest BCUT2D eigenvalue weighted by atomic mass is 10.3. The minimum absolute atomic E-state index is 0.248. The van der Waals surface area contributed by atoms with Crippen molar-refractivity contribution < 1.29 is 14.3 Å². The van der Waals surface area contributed by atoms with Crippen LogP contribution in [0.1, 0.15) is 0 Å². The number of ether oxygens (including phenoxy) is 2. The van der Waals surface area contributed by atoms with Gasteiger partial charge in [-0.2, -0.15) is 0 Å². The van der Waals surface area contributed by atoms with Crippen molar-refractivity contribution >= 4 is 34.8 Å². The highest BCUT2D eigenvalue weighted by atomic mass is 35.5. The molecular formula is C14H11ClN4O3. The third-order valence-corrected chi connectivity index (χ3v) is 3.02. The molecule has 0 aliphatic rings. The van der Waals surface area contributed by atoms with Gasteiger partial charge in [-0.15, -0.1) is 0 Å². The van der Waals surface area contributed by atoms with E-state index in [1.807, 2.05) is 0 Å². The van der Waals surface area contributed by atoms with E-state index in [1.165, 1.54) is 7.11 Å². The number of benzene rings is 1. The number of aromatic amines is 1. The summed E-state index contributed by atoms with van der Waals surface area (Å²) in [5.74, 6) is 1.40. The van der Waals surface area contributed by atoms with Gasteiger partial charge in [0.2, 0.25) is 5.95 Å². The van der Waals surface area contributed by atoms with E-state index in [0.717, 1.165) is 0 Å². The quantitative estimate of drug-likeness (QED) is 0.770. The van der Waals surface area contributed by atoms with Crippen LogP contribution < -0.4 is 10.1 Å². The Morgan fingerprint density at radius 2 is 2.05 bits per heavy atom. The predicted molar refractivity (Wildman–Crippen MR) is 81.4 cm³/mol. The molecular weight excluding hydrogens is 308 g/mol. The summed E-state index contributed by atoms with van der Waals surface area (Å²) < 4.78 is 10.2. The Labute approximate surface area is 130 Å². The summed E-state index contributed by atoms with van der Waals surface area (Å²) in [6, 6.07) is 8.67. The summed E-state index contributed by atoms with van der Waals surface area (Å²) in [7, 11) is 1.27. The van der Waals surface area contributed by atoms with E-state index in [1.54, 1.807) is 36.5 Å². The van der Waals surface area contributed by atoms with Gasteiger partial charge in [0, 0.05) is 11.1 Å². The molecule has 0 fully saturated rings. The maximum absolute atomic E-state index is 11.1. The molecule has 0 aliphatic carbocycles. The number of methoxy groups -OCH3 is 1. The van der Waals surface area contributed by atoms with Gasteiger partial charge < -0.3 is 14.5 Å². The Morgan fingerprint density at radius 1 is 1.27 bits per heavy atom. The van der Waals surface area contributed by atoms with Gasteiger partial charge in [0.05, 0.1) is 13.3 Å². The monoisotopic (exact) mass is 318 g/mol. The fourth-order valence-corrected chi connectivity index (χ4v) is 1.90. The molecule has 3 rings (SSSR count). The van der Waals surface area contributed by atoms with Crippen molar-refractivity contribution in [1.82, 2.24) is 15.0 Å². The maximum atomic E-state index is 11.1. The van der Waals surface area contributed by atoms with Gasteiger partial charge in [0.15, 0.2) is 5.65 Å². The number of rotatable bonds is 3. The molecule has 0 saturated carbocycles. The second-order valence-electron chi connectivity index (χ2n) is 4.30. The molecule has 112 valence electrons. The van der Waals surface area contributed by atoms with Crippen LogP contribution in [-0.4, -0.2) is 28.2 Å². The highest BCUT2D eigenvalue weighted by Crippen LogP contribution is 2.25. The molecule has 7 nitrogen and oxygen atoms in total. The molecule has 0 aliphatic heterocycles. The predicted octanol–water partition coefficient (Wildman–Crippen LogP) is 3.58.